The minimum absolute atomic E-state index is 0.119. The van der Waals surface area contributed by atoms with Gasteiger partial charge in [-0.1, -0.05) is 17.7 Å². The first-order valence-electron chi connectivity index (χ1n) is 5.45. The fourth-order valence-electron chi connectivity index (χ4n) is 2.61. The van der Waals surface area contributed by atoms with Gasteiger partial charge in [-0.25, -0.2) is 0 Å². The van der Waals surface area contributed by atoms with Crippen LogP contribution in [0.25, 0.3) is 0 Å². The zero-order valence-electron chi connectivity index (χ0n) is 8.75. The maximum atomic E-state index is 12.0. The van der Waals surface area contributed by atoms with Crippen LogP contribution in [0.3, 0.4) is 0 Å². The zero-order valence-corrected chi connectivity index (χ0v) is 9.51. The second-order valence-corrected chi connectivity index (χ2v) is 4.80. The summed E-state index contributed by atoms with van der Waals surface area (Å²) >= 11 is 5.89. The summed E-state index contributed by atoms with van der Waals surface area (Å²) in [7, 11) is 0. The van der Waals surface area contributed by atoms with Crippen LogP contribution in [0.2, 0.25) is 5.02 Å². The second-order valence-electron chi connectivity index (χ2n) is 4.36. The lowest BCUT2D eigenvalue weighted by atomic mass is 9.74. The van der Waals surface area contributed by atoms with Gasteiger partial charge in [-0.15, -0.1) is 0 Å². The van der Waals surface area contributed by atoms with Crippen molar-refractivity contribution in [2.24, 2.45) is 0 Å². The molecule has 0 unspecified atom stereocenters. The number of halogens is 1. The SMILES string of the molecule is O=C1Oc2cc(Cl)ccc2C12CCNCC2. The van der Waals surface area contributed by atoms with E-state index in [1.165, 1.54) is 0 Å². The van der Waals surface area contributed by atoms with Gasteiger partial charge >= 0.3 is 5.97 Å². The maximum absolute atomic E-state index is 12.0. The molecule has 0 aromatic heterocycles. The van der Waals surface area contributed by atoms with E-state index >= 15 is 0 Å². The summed E-state index contributed by atoms with van der Waals surface area (Å²) in [6.45, 7) is 1.72. The Labute approximate surface area is 98.7 Å². The van der Waals surface area contributed by atoms with Crippen LogP contribution in [0.4, 0.5) is 0 Å². The Balaban J connectivity index is 2.11. The summed E-state index contributed by atoms with van der Waals surface area (Å²) in [5.74, 6) is 0.519. The molecular formula is C12H12ClNO2. The summed E-state index contributed by atoms with van der Waals surface area (Å²) in [5.41, 5.74) is 0.578. The highest BCUT2D eigenvalue weighted by molar-refractivity contribution is 6.30. The number of esters is 1. The minimum Gasteiger partial charge on any atom is -0.425 e. The van der Waals surface area contributed by atoms with Gasteiger partial charge in [0.2, 0.25) is 0 Å². The molecule has 1 N–H and O–H groups in total. The molecule has 2 aliphatic heterocycles. The molecule has 84 valence electrons. The fraction of sp³-hybridized carbons (Fsp3) is 0.417. The molecule has 0 amide bonds. The van der Waals surface area contributed by atoms with E-state index in [0.717, 1.165) is 31.5 Å². The van der Waals surface area contributed by atoms with Crippen molar-refractivity contribution in [2.45, 2.75) is 18.3 Å². The predicted octanol–water partition coefficient (Wildman–Crippen LogP) is 1.88. The topological polar surface area (TPSA) is 38.3 Å². The Morgan fingerprint density at radius 2 is 2.06 bits per heavy atom. The van der Waals surface area contributed by atoms with Crippen molar-refractivity contribution in [1.29, 1.82) is 0 Å². The van der Waals surface area contributed by atoms with E-state index < -0.39 is 5.41 Å². The molecule has 1 aromatic carbocycles. The summed E-state index contributed by atoms with van der Waals surface area (Å²) in [5, 5.41) is 3.87. The van der Waals surface area contributed by atoms with Gasteiger partial charge in [0.1, 0.15) is 5.75 Å². The number of benzene rings is 1. The lowest BCUT2D eigenvalue weighted by Gasteiger charge is -2.30. The van der Waals surface area contributed by atoms with E-state index in [0.29, 0.717) is 10.8 Å². The third-order valence-corrected chi connectivity index (χ3v) is 3.74. The minimum atomic E-state index is -0.425. The summed E-state index contributed by atoms with van der Waals surface area (Å²) < 4.78 is 5.33. The van der Waals surface area contributed by atoms with Crippen LogP contribution in [0.1, 0.15) is 18.4 Å². The first-order valence-corrected chi connectivity index (χ1v) is 5.83. The number of hydrogen-bond acceptors (Lipinski definition) is 3. The molecule has 2 heterocycles. The highest BCUT2D eigenvalue weighted by atomic mass is 35.5. The van der Waals surface area contributed by atoms with Gasteiger partial charge in [-0.05, 0) is 38.1 Å². The van der Waals surface area contributed by atoms with Crippen LogP contribution in [-0.2, 0) is 10.2 Å². The van der Waals surface area contributed by atoms with Gasteiger partial charge < -0.3 is 10.1 Å². The normalized spacial score (nSPS) is 21.9. The zero-order chi connectivity index (χ0) is 11.2. The summed E-state index contributed by atoms with van der Waals surface area (Å²) in [6.07, 6.45) is 1.61. The molecule has 1 aromatic rings. The number of carbonyl (C=O) groups is 1. The summed E-state index contributed by atoms with van der Waals surface area (Å²) in [6, 6.07) is 5.48. The predicted molar refractivity (Wildman–Crippen MR) is 60.9 cm³/mol. The van der Waals surface area contributed by atoms with Gasteiger partial charge in [-0.2, -0.15) is 0 Å². The molecule has 4 heteroatoms. The van der Waals surface area contributed by atoms with E-state index in [1.54, 1.807) is 6.07 Å². The van der Waals surface area contributed by atoms with Crippen molar-refractivity contribution in [2.75, 3.05) is 13.1 Å². The fourth-order valence-corrected chi connectivity index (χ4v) is 2.77. The second kappa shape index (κ2) is 3.47. The molecule has 1 saturated heterocycles. The molecule has 1 spiro atoms. The van der Waals surface area contributed by atoms with Gasteiger partial charge in [0.05, 0.1) is 5.41 Å². The Morgan fingerprint density at radius 1 is 1.31 bits per heavy atom. The van der Waals surface area contributed by atoms with Crippen LogP contribution in [0.5, 0.6) is 5.75 Å². The van der Waals surface area contributed by atoms with Gasteiger partial charge in [0, 0.05) is 10.6 Å². The quantitative estimate of drug-likeness (QED) is 0.553. The average molecular weight is 238 g/mol. The molecule has 16 heavy (non-hydrogen) atoms. The molecule has 1 fully saturated rings. The first kappa shape index (κ1) is 10.1. The van der Waals surface area contributed by atoms with E-state index in [4.69, 9.17) is 16.3 Å². The van der Waals surface area contributed by atoms with Crippen LogP contribution >= 0.6 is 11.6 Å². The van der Waals surface area contributed by atoms with E-state index in [-0.39, 0.29) is 5.97 Å². The first-order chi connectivity index (χ1) is 7.72. The van der Waals surface area contributed by atoms with Crippen molar-refractivity contribution in [3.05, 3.63) is 28.8 Å². The Hall–Kier alpha value is -1.06. The van der Waals surface area contributed by atoms with Crippen molar-refractivity contribution < 1.29 is 9.53 Å². The molecule has 0 aliphatic carbocycles. The number of carbonyl (C=O) groups excluding carboxylic acids is 1. The van der Waals surface area contributed by atoms with E-state index in [1.807, 2.05) is 12.1 Å². The summed E-state index contributed by atoms with van der Waals surface area (Å²) in [4.78, 5) is 12.0. The highest BCUT2D eigenvalue weighted by Gasteiger charge is 2.49. The van der Waals surface area contributed by atoms with Crippen molar-refractivity contribution >= 4 is 17.6 Å². The van der Waals surface area contributed by atoms with Crippen LogP contribution < -0.4 is 10.1 Å². The molecule has 3 nitrogen and oxygen atoms in total. The van der Waals surface area contributed by atoms with Crippen molar-refractivity contribution in [1.82, 2.24) is 5.32 Å². The van der Waals surface area contributed by atoms with E-state index in [9.17, 15) is 4.79 Å². The number of nitrogens with one attached hydrogen (secondary N) is 1. The van der Waals surface area contributed by atoms with Crippen LogP contribution in [0, 0.1) is 0 Å². The van der Waals surface area contributed by atoms with Gasteiger partial charge in [-0.3, -0.25) is 4.79 Å². The number of rotatable bonds is 0. The van der Waals surface area contributed by atoms with Gasteiger partial charge in [0.25, 0.3) is 0 Å². The van der Waals surface area contributed by atoms with Crippen LogP contribution in [-0.4, -0.2) is 19.1 Å². The Morgan fingerprint density at radius 3 is 2.81 bits per heavy atom. The molecular weight excluding hydrogens is 226 g/mol. The Kier molecular flexibility index (Phi) is 2.19. The molecule has 2 aliphatic rings. The Bertz CT molecular complexity index is 452. The van der Waals surface area contributed by atoms with Crippen LogP contribution in [0.15, 0.2) is 18.2 Å². The molecule has 0 bridgehead atoms. The lowest BCUT2D eigenvalue weighted by Crippen LogP contribution is -2.44. The number of piperidine rings is 1. The maximum Gasteiger partial charge on any atom is 0.322 e. The number of fused-ring (bicyclic) bond motifs is 2. The number of ether oxygens (including phenoxy) is 1. The van der Waals surface area contributed by atoms with Gasteiger partial charge in [0.15, 0.2) is 0 Å². The van der Waals surface area contributed by atoms with Crippen molar-refractivity contribution in [3.63, 3.8) is 0 Å². The standard InChI is InChI=1S/C12H12ClNO2/c13-8-1-2-9-10(7-8)16-11(15)12(9)3-5-14-6-4-12/h1-2,7,14H,3-6H2. The highest BCUT2D eigenvalue weighted by Crippen LogP contribution is 2.46. The molecule has 3 rings (SSSR count). The number of hydrogen-bond donors (Lipinski definition) is 1. The van der Waals surface area contributed by atoms with Crippen molar-refractivity contribution in [3.8, 4) is 5.75 Å². The third-order valence-electron chi connectivity index (χ3n) is 3.51. The monoisotopic (exact) mass is 237 g/mol. The molecule has 0 radical (unpaired) electrons. The third kappa shape index (κ3) is 1.28. The van der Waals surface area contributed by atoms with E-state index in [2.05, 4.69) is 5.32 Å². The largest absolute Gasteiger partial charge is 0.425 e. The molecule has 0 atom stereocenters. The average Bonchev–Trinajstić information content (AvgIpc) is 2.53. The molecule has 0 saturated carbocycles. The lowest BCUT2D eigenvalue weighted by molar-refractivity contribution is -0.139. The smallest absolute Gasteiger partial charge is 0.322 e.